The minimum atomic E-state index is 0.710. The number of benzene rings is 2. The zero-order valence-corrected chi connectivity index (χ0v) is 18.1. The van der Waals surface area contributed by atoms with Crippen LogP contribution in [0.4, 0.5) is 0 Å². The molecule has 5 nitrogen and oxygen atoms in total. The maximum absolute atomic E-state index is 5.99. The van der Waals surface area contributed by atoms with Crippen molar-refractivity contribution in [3.05, 3.63) is 53.6 Å². The molecule has 158 valence electrons. The quantitative estimate of drug-likeness (QED) is 0.581. The van der Waals surface area contributed by atoms with Gasteiger partial charge in [0.15, 0.2) is 17.3 Å². The molecule has 5 heteroatoms. The predicted molar refractivity (Wildman–Crippen MR) is 119 cm³/mol. The Kier molecular flexibility index (Phi) is 6.38. The highest BCUT2D eigenvalue weighted by atomic mass is 16.5. The SMILES string of the molecule is CCCN1CCCc2c(-c3ccccc3)noc2-c2cc(OC)c(OC)cc2CC1. The van der Waals surface area contributed by atoms with Crippen LogP contribution in [0.2, 0.25) is 0 Å². The molecule has 0 aliphatic carbocycles. The van der Waals surface area contributed by atoms with E-state index in [0.717, 1.165) is 73.6 Å². The van der Waals surface area contributed by atoms with Crippen LogP contribution in [-0.4, -0.2) is 43.9 Å². The van der Waals surface area contributed by atoms with Crippen molar-refractivity contribution in [2.24, 2.45) is 0 Å². The normalized spacial score (nSPS) is 14.6. The fraction of sp³-hybridized carbons (Fsp3) is 0.400. The van der Waals surface area contributed by atoms with E-state index in [9.17, 15) is 0 Å². The van der Waals surface area contributed by atoms with Crippen molar-refractivity contribution in [2.45, 2.75) is 32.6 Å². The average molecular weight is 407 g/mol. The second kappa shape index (κ2) is 9.35. The third kappa shape index (κ3) is 4.08. The Bertz CT molecular complexity index is 982. The van der Waals surface area contributed by atoms with E-state index in [2.05, 4.69) is 35.2 Å². The Labute approximate surface area is 178 Å². The van der Waals surface area contributed by atoms with Gasteiger partial charge in [-0.2, -0.15) is 0 Å². The molecule has 0 atom stereocenters. The first-order valence-electron chi connectivity index (χ1n) is 10.8. The number of hydrogen-bond acceptors (Lipinski definition) is 5. The lowest BCUT2D eigenvalue weighted by Crippen LogP contribution is -2.29. The first-order valence-corrected chi connectivity index (χ1v) is 10.8. The smallest absolute Gasteiger partial charge is 0.171 e. The first kappa shape index (κ1) is 20.5. The van der Waals surface area contributed by atoms with E-state index >= 15 is 0 Å². The number of methoxy groups -OCH3 is 2. The molecule has 0 unspecified atom stereocenters. The van der Waals surface area contributed by atoms with Crippen LogP contribution < -0.4 is 9.47 Å². The minimum absolute atomic E-state index is 0.710. The van der Waals surface area contributed by atoms with Gasteiger partial charge in [0.05, 0.1) is 14.2 Å². The monoisotopic (exact) mass is 406 g/mol. The molecule has 2 aromatic carbocycles. The van der Waals surface area contributed by atoms with Crippen LogP contribution >= 0.6 is 0 Å². The molecule has 0 saturated carbocycles. The van der Waals surface area contributed by atoms with Gasteiger partial charge in [0.2, 0.25) is 0 Å². The molecule has 0 bridgehead atoms. The maximum atomic E-state index is 5.99. The van der Waals surface area contributed by atoms with E-state index in [1.54, 1.807) is 14.2 Å². The van der Waals surface area contributed by atoms with Crippen LogP contribution in [0.25, 0.3) is 22.6 Å². The standard InChI is InChI=1S/C25H30N2O3/c1-4-13-27-14-8-11-20-24(18-9-6-5-7-10-18)26-30-25(20)21-17-23(29-3)22(28-2)16-19(21)12-15-27/h5-7,9-10,16-17H,4,8,11-15H2,1-3H3. The van der Waals surface area contributed by atoms with Crippen molar-refractivity contribution >= 4 is 0 Å². The summed E-state index contributed by atoms with van der Waals surface area (Å²) in [6.45, 7) is 5.46. The summed E-state index contributed by atoms with van der Waals surface area (Å²) in [6, 6.07) is 14.4. The lowest BCUT2D eigenvalue weighted by molar-refractivity contribution is 0.273. The van der Waals surface area contributed by atoms with Crippen molar-refractivity contribution in [3.63, 3.8) is 0 Å². The van der Waals surface area contributed by atoms with Crippen LogP contribution in [0.3, 0.4) is 0 Å². The first-order chi connectivity index (χ1) is 14.7. The van der Waals surface area contributed by atoms with Crippen molar-refractivity contribution in [3.8, 4) is 34.1 Å². The fourth-order valence-corrected chi connectivity index (χ4v) is 4.32. The summed E-state index contributed by atoms with van der Waals surface area (Å²) in [5.74, 6) is 2.32. The van der Waals surface area contributed by atoms with Crippen LogP contribution in [0.15, 0.2) is 47.0 Å². The van der Waals surface area contributed by atoms with Gasteiger partial charge in [-0.1, -0.05) is 42.4 Å². The van der Waals surface area contributed by atoms with E-state index in [4.69, 9.17) is 14.0 Å². The van der Waals surface area contributed by atoms with Crippen LogP contribution in [0.5, 0.6) is 11.5 Å². The van der Waals surface area contributed by atoms with Crippen molar-refractivity contribution in [2.75, 3.05) is 33.9 Å². The van der Waals surface area contributed by atoms with Gasteiger partial charge in [-0.05, 0) is 56.5 Å². The van der Waals surface area contributed by atoms with Gasteiger partial charge in [-0.3, -0.25) is 0 Å². The van der Waals surface area contributed by atoms with E-state index in [-0.39, 0.29) is 0 Å². The summed E-state index contributed by atoms with van der Waals surface area (Å²) in [5.41, 5.74) is 5.46. The zero-order chi connectivity index (χ0) is 20.9. The molecular weight excluding hydrogens is 376 g/mol. The minimum Gasteiger partial charge on any atom is -0.493 e. The molecule has 30 heavy (non-hydrogen) atoms. The van der Waals surface area contributed by atoms with Gasteiger partial charge < -0.3 is 18.9 Å². The number of rotatable bonds is 5. The summed E-state index contributed by atoms with van der Waals surface area (Å²) >= 11 is 0. The Balaban J connectivity index is 1.86. The Hall–Kier alpha value is -2.79. The average Bonchev–Trinajstić information content (AvgIpc) is 3.21. The lowest BCUT2D eigenvalue weighted by Gasteiger charge is -2.24. The van der Waals surface area contributed by atoms with E-state index < -0.39 is 0 Å². The fourth-order valence-electron chi connectivity index (χ4n) is 4.32. The highest BCUT2D eigenvalue weighted by molar-refractivity contribution is 5.76. The predicted octanol–water partition coefficient (Wildman–Crippen LogP) is 5.23. The molecule has 0 N–H and O–H groups in total. The maximum Gasteiger partial charge on any atom is 0.171 e. The molecule has 1 aromatic heterocycles. The Morgan fingerprint density at radius 3 is 2.50 bits per heavy atom. The molecule has 1 aliphatic rings. The Morgan fingerprint density at radius 1 is 1.00 bits per heavy atom. The molecule has 0 spiro atoms. The van der Waals surface area contributed by atoms with Crippen LogP contribution in [0, 0.1) is 0 Å². The lowest BCUT2D eigenvalue weighted by atomic mass is 9.93. The third-order valence-electron chi connectivity index (χ3n) is 5.83. The number of aromatic nitrogens is 1. The number of fused-ring (bicyclic) bond motifs is 3. The van der Waals surface area contributed by atoms with Gasteiger partial charge in [0, 0.05) is 23.2 Å². The molecule has 0 radical (unpaired) electrons. The molecule has 2 heterocycles. The van der Waals surface area contributed by atoms with Gasteiger partial charge in [-0.25, -0.2) is 0 Å². The van der Waals surface area contributed by atoms with Gasteiger partial charge >= 0.3 is 0 Å². The summed E-state index contributed by atoms with van der Waals surface area (Å²) in [6.07, 6.45) is 4.09. The second-order valence-corrected chi connectivity index (χ2v) is 7.76. The zero-order valence-electron chi connectivity index (χ0n) is 18.1. The number of hydrogen-bond donors (Lipinski definition) is 0. The Morgan fingerprint density at radius 2 is 1.77 bits per heavy atom. The molecular formula is C25H30N2O3. The van der Waals surface area contributed by atoms with Crippen molar-refractivity contribution in [1.82, 2.24) is 10.1 Å². The van der Waals surface area contributed by atoms with Gasteiger partial charge in [0.1, 0.15) is 5.69 Å². The van der Waals surface area contributed by atoms with Gasteiger partial charge in [0.25, 0.3) is 0 Å². The van der Waals surface area contributed by atoms with E-state index in [1.165, 1.54) is 11.1 Å². The highest BCUT2D eigenvalue weighted by Gasteiger charge is 2.24. The van der Waals surface area contributed by atoms with E-state index in [0.29, 0.717) is 5.75 Å². The molecule has 0 amide bonds. The van der Waals surface area contributed by atoms with Crippen molar-refractivity contribution in [1.29, 1.82) is 0 Å². The highest BCUT2D eigenvalue weighted by Crippen LogP contribution is 2.40. The molecule has 0 fully saturated rings. The largest absolute Gasteiger partial charge is 0.493 e. The van der Waals surface area contributed by atoms with Gasteiger partial charge in [-0.15, -0.1) is 0 Å². The molecule has 0 saturated heterocycles. The summed E-state index contributed by atoms with van der Waals surface area (Å²) in [4.78, 5) is 2.56. The topological polar surface area (TPSA) is 47.7 Å². The van der Waals surface area contributed by atoms with Crippen LogP contribution in [0.1, 0.15) is 30.9 Å². The second-order valence-electron chi connectivity index (χ2n) is 7.76. The van der Waals surface area contributed by atoms with Crippen molar-refractivity contribution < 1.29 is 14.0 Å². The molecule has 3 aromatic rings. The summed E-state index contributed by atoms with van der Waals surface area (Å²) in [7, 11) is 3.35. The summed E-state index contributed by atoms with van der Waals surface area (Å²) in [5, 5.41) is 4.50. The molecule has 4 rings (SSSR count). The number of nitrogens with zero attached hydrogens (tertiary/aromatic N) is 2. The number of ether oxygens (including phenoxy) is 2. The van der Waals surface area contributed by atoms with E-state index in [1.807, 2.05) is 24.3 Å². The van der Waals surface area contributed by atoms with Crippen LogP contribution in [-0.2, 0) is 12.8 Å². The summed E-state index contributed by atoms with van der Waals surface area (Å²) < 4.78 is 17.2. The molecule has 1 aliphatic heterocycles. The third-order valence-corrected chi connectivity index (χ3v) is 5.83.